The molecule has 1 aliphatic rings. The maximum Gasteiger partial charge on any atom is 0.216 e. The zero-order chi connectivity index (χ0) is 20.0. The van der Waals surface area contributed by atoms with E-state index in [1.807, 2.05) is 0 Å². The van der Waals surface area contributed by atoms with E-state index in [0.717, 1.165) is 5.92 Å². The highest BCUT2D eigenvalue weighted by atomic mass is 14.9. The summed E-state index contributed by atoms with van der Waals surface area (Å²) in [6.45, 7) is 11.4. The molecule has 2 aromatic carbocycles. The Hall–Kier alpha value is -2.15. The lowest BCUT2D eigenvalue weighted by Crippen LogP contribution is -2.32. The third-order valence-corrected chi connectivity index (χ3v) is 6.96. The number of nitrogens with zero attached hydrogens (tertiary/aromatic N) is 1. The molecule has 0 amide bonds. The summed E-state index contributed by atoms with van der Waals surface area (Å²) in [5.41, 5.74) is 9.99. The van der Waals surface area contributed by atoms with E-state index in [1.165, 1.54) is 70.0 Å². The Balaban J connectivity index is 1.95. The Labute approximate surface area is 170 Å². The number of benzene rings is 2. The lowest BCUT2D eigenvalue weighted by molar-refractivity contribution is -0.659. The summed E-state index contributed by atoms with van der Waals surface area (Å²) < 4.78 is 2.34. The van der Waals surface area contributed by atoms with Gasteiger partial charge in [-0.15, -0.1) is 0 Å². The maximum absolute atomic E-state index is 2.50. The first-order valence-electron chi connectivity index (χ1n) is 10.9. The predicted octanol–water partition coefficient (Wildman–Crippen LogP) is 7.04. The molecule has 1 saturated carbocycles. The van der Waals surface area contributed by atoms with Gasteiger partial charge in [0.15, 0.2) is 6.20 Å². The van der Waals surface area contributed by atoms with E-state index in [9.17, 15) is 0 Å². The molecule has 1 heterocycles. The van der Waals surface area contributed by atoms with Gasteiger partial charge in [0.05, 0.1) is 0 Å². The highest BCUT2D eigenvalue weighted by Crippen LogP contribution is 2.38. The molecule has 4 rings (SSSR count). The Bertz CT molecular complexity index is 1040. The van der Waals surface area contributed by atoms with Crippen LogP contribution in [-0.2, 0) is 7.05 Å². The quantitative estimate of drug-likeness (QED) is 0.434. The van der Waals surface area contributed by atoms with E-state index >= 15 is 0 Å². The third kappa shape index (κ3) is 3.26. The number of pyridine rings is 1. The van der Waals surface area contributed by atoms with Crippen molar-refractivity contribution >= 4 is 10.8 Å². The minimum absolute atomic E-state index is 0.552. The van der Waals surface area contributed by atoms with Crippen LogP contribution in [0.2, 0.25) is 0 Å². The molecule has 1 nitrogen and oxygen atoms in total. The van der Waals surface area contributed by atoms with E-state index in [1.54, 1.807) is 5.56 Å². The smallest absolute Gasteiger partial charge is 0.200 e. The van der Waals surface area contributed by atoms with E-state index in [-0.39, 0.29) is 0 Å². The van der Waals surface area contributed by atoms with Crippen LogP contribution in [0.4, 0.5) is 0 Å². The van der Waals surface area contributed by atoms with Gasteiger partial charge in [0, 0.05) is 16.5 Å². The molecule has 1 heteroatoms. The molecular formula is C27H34N+. The van der Waals surface area contributed by atoms with Crippen LogP contribution in [0, 0.1) is 20.8 Å². The Morgan fingerprint density at radius 1 is 0.929 bits per heavy atom. The molecule has 3 aromatic rings. The zero-order valence-electron chi connectivity index (χ0n) is 18.4. The molecule has 0 radical (unpaired) electrons. The van der Waals surface area contributed by atoms with Crippen LogP contribution in [0.25, 0.3) is 22.0 Å². The van der Waals surface area contributed by atoms with Crippen LogP contribution in [-0.4, -0.2) is 0 Å². The van der Waals surface area contributed by atoms with Crippen LogP contribution < -0.4 is 4.57 Å². The number of rotatable bonds is 3. The summed E-state index contributed by atoms with van der Waals surface area (Å²) in [5.74, 6) is 1.30. The highest BCUT2D eigenvalue weighted by Gasteiger charge is 2.24. The number of aryl methyl sites for hydroxylation is 3. The normalized spacial score (nSPS) is 15.1. The second-order valence-corrected chi connectivity index (χ2v) is 9.21. The molecular weight excluding hydrogens is 338 g/mol. The molecule has 0 spiro atoms. The summed E-state index contributed by atoms with van der Waals surface area (Å²) in [7, 11) is 2.20. The molecule has 1 fully saturated rings. The van der Waals surface area contributed by atoms with Gasteiger partial charge in [0.1, 0.15) is 7.05 Å². The van der Waals surface area contributed by atoms with Gasteiger partial charge in [-0.05, 0) is 85.2 Å². The van der Waals surface area contributed by atoms with Gasteiger partial charge in [-0.3, -0.25) is 0 Å². The van der Waals surface area contributed by atoms with E-state index in [0.29, 0.717) is 5.92 Å². The Kier molecular flexibility index (Phi) is 5.04. The van der Waals surface area contributed by atoms with Gasteiger partial charge < -0.3 is 0 Å². The summed E-state index contributed by atoms with van der Waals surface area (Å²) in [6, 6.07) is 11.9. The number of hydrogen-bond acceptors (Lipinski definition) is 0. The second-order valence-electron chi connectivity index (χ2n) is 9.21. The fourth-order valence-electron chi connectivity index (χ4n) is 5.06. The molecule has 146 valence electrons. The number of aromatic nitrogens is 1. The predicted molar refractivity (Wildman–Crippen MR) is 120 cm³/mol. The summed E-state index contributed by atoms with van der Waals surface area (Å²) >= 11 is 0. The molecule has 0 N–H and O–H groups in total. The molecule has 1 aliphatic carbocycles. The van der Waals surface area contributed by atoms with Crippen LogP contribution >= 0.6 is 0 Å². The van der Waals surface area contributed by atoms with E-state index in [2.05, 4.69) is 82.8 Å². The van der Waals surface area contributed by atoms with Crippen molar-refractivity contribution in [2.75, 3.05) is 0 Å². The average molecular weight is 373 g/mol. The molecule has 0 saturated heterocycles. The summed E-state index contributed by atoms with van der Waals surface area (Å²) in [5, 5.41) is 2.72. The van der Waals surface area contributed by atoms with Gasteiger partial charge in [-0.2, -0.15) is 0 Å². The largest absolute Gasteiger partial charge is 0.216 e. The van der Waals surface area contributed by atoms with Gasteiger partial charge in [-0.25, -0.2) is 4.57 Å². The molecule has 0 bridgehead atoms. The van der Waals surface area contributed by atoms with Crippen molar-refractivity contribution < 1.29 is 4.57 Å². The van der Waals surface area contributed by atoms with Gasteiger partial charge in [0.2, 0.25) is 5.69 Å². The van der Waals surface area contributed by atoms with Crippen molar-refractivity contribution in [2.24, 2.45) is 7.05 Å². The first-order valence-corrected chi connectivity index (χ1v) is 10.9. The lowest BCUT2D eigenvalue weighted by atomic mass is 9.88. The average Bonchev–Trinajstić information content (AvgIpc) is 3.19. The second kappa shape index (κ2) is 7.35. The van der Waals surface area contributed by atoms with Crippen molar-refractivity contribution in [2.45, 2.75) is 72.1 Å². The first-order chi connectivity index (χ1) is 13.4. The SMILES string of the molecule is Cc1cc(C2CCCC2)cc(-c2c(C)c3cc(C(C)C)ccc3c[n+]2C)c1C. The lowest BCUT2D eigenvalue weighted by Gasteiger charge is -2.17. The van der Waals surface area contributed by atoms with Crippen LogP contribution in [0.3, 0.4) is 0 Å². The fraction of sp³-hybridized carbons (Fsp3) is 0.444. The first kappa shape index (κ1) is 19.2. The molecule has 0 unspecified atom stereocenters. The van der Waals surface area contributed by atoms with Crippen molar-refractivity contribution in [1.82, 2.24) is 0 Å². The van der Waals surface area contributed by atoms with Gasteiger partial charge in [-0.1, -0.05) is 44.9 Å². The van der Waals surface area contributed by atoms with Crippen LogP contribution in [0.15, 0.2) is 36.5 Å². The molecule has 0 atom stereocenters. The van der Waals surface area contributed by atoms with Crippen LogP contribution in [0.1, 0.15) is 79.2 Å². The summed E-state index contributed by atoms with van der Waals surface area (Å²) in [4.78, 5) is 0. The van der Waals surface area contributed by atoms with Gasteiger partial charge >= 0.3 is 0 Å². The zero-order valence-corrected chi connectivity index (χ0v) is 18.4. The maximum atomic E-state index is 2.50. The van der Waals surface area contributed by atoms with Crippen molar-refractivity contribution in [3.05, 3.63) is 64.3 Å². The fourth-order valence-corrected chi connectivity index (χ4v) is 5.06. The monoisotopic (exact) mass is 372 g/mol. The van der Waals surface area contributed by atoms with Gasteiger partial charge in [0.25, 0.3) is 0 Å². The Morgan fingerprint density at radius 2 is 1.64 bits per heavy atom. The highest BCUT2D eigenvalue weighted by molar-refractivity contribution is 5.89. The third-order valence-electron chi connectivity index (χ3n) is 6.96. The van der Waals surface area contributed by atoms with E-state index in [4.69, 9.17) is 0 Å². The number of hydrogen-bond donors (Lipinski definition) is 0. The Morgan fingerprint density at radius 3 is 2.32 bits per heavy atom. The van der Waals surface area contributed by atoms with Crippen molar-refractivity contribution in [3.63, 3.8) is 0 Å². The standard InChI is InChI=1S/C27H34N/c1-17(2)22-11-12-23-16-28(6)27(20(5)25(23)14-22)26-15-24(13-18(3)19(26)4)21-9-7-8-10-21/h11-17,21H,7-10H2,1-6H3/q+1. The number of fused-ring (bicyclic) bond motifs is 1. The minimum Gasteiger partial charge on any atom is -0.200 e. The molecule has 0 aliphatic heterocycles. The van der Waals surface area contributed by atoms with Crippen LogP contribution in [0.5, 0.6) is 0 Å². The topological polar surface area (TPSA) is 3.88 Å². The van der Waals surface area contributed by atoms with E-state index < -0.39 is 0 Å². The minimum atomic E-state index is 0.552. The van der Waals surface area contributed by atoms with Crippen molar-refractivity contribution in [1.29, 1.82) is 0 Å². The molecule has 28 heavy (non-hydrogen) atoms. The molecule has 1 aromatic heterocycles. The summed E-state index contributed by atoms with van der Waals surface area (Å²) in [6.07, 6.45) is 7.77. The van der Waals surface area contributed by atoms with Crippen molar-refractivity contribution in [3.8, 4) is 11.3 Å².